The van der Waals surface area contributed by atoms with Crippen molar-refractivity contribution in [1.82, 2.24) is 5.32 Å². The summed E-state index contributed by atoms with van der Waals surface area (Å²) in [5, 5.41) is 3.30. The summed E-state index contributed by atoms with van der Waals surface area (Å²) in [6.07, 6.45) is 4.14. The van der Waals surface area contributed by atoms with Gasteiger partial charge in [-0.15, -0.1) is 11.6 Å². The Morgan fingerprint density at radius 3 is 2.43 bits per heavy atom. The van der Waals surface area contributed by atoms with Crippen molar-refractivity contribution < 1.29 is 14.3 Å². The van der Waals surface area contributed by atoms with Crippen molar-refractivity contribution >= 4 is 17.6 Å². The number of carbonyl (C=O) groups excluding carboxylic acids is 1. The van der Waals surface area contributed by atoms with Gasteiger partial charge in [-0.25, -0.2) is 4.79 Å². The van der Waals surface area contributed by atoms with Gasteiger partial charge in [-0.3, -0.25) is 0 Å². The normalized spacial score (nSPS) is 25.4. The molecule has 1 aliphatic rings. The highest BCUT2D eigenvalue weighted by molar-refractivity contribution is 6.22. The van der Waals surface area contributed by atoms with Gasteiger partial charge in [0.05, 0.1) is 24.2 Å². The van der Waals surface area contributed by atoms with Crippen LogP contribution < -0.4 is 5.32 Å². The van der Waals surface area contributed by atoms with Crippen LogP contribution in [0.25, 0.3) is 0 Å². The molecule has 0 saturated carbocycles. The molecular weight excluding hydrogens is 314 g/mol. The summed E-state index contributed by atoms with van der Waals surface area (Å²) in [5.74, 6) is -0.269. The first-order chi connectivity index (χ1) is 10.7. The van der Waals surface area contributed by atoms with E-state index in [1.165, 1.54) is 0 Å². The number of alkyl halides is 1. The zero-order chi connectivity index (χ0) is 17.6. The molecule has 134 valence electrons. The molecule has 0 aromatic heterocycles. The maximum Gasteiger partial charge on any atom is 0.333 e. The highest BCUT2D eigenvalue weighted by atomic mass is 35.5. The van der Waals surface area contributed by atoms with E-state index < -0.39 is 0 Å². The molecule has 0 amide bonds. The molecule has 0 aliphatic heterocycles. The number of hydrogen-bond donors (Lipinski definition) is 1. The summed E-state index contributed by atoms with van der Waals surface area (Å²) in [7, 11) is 0. The van der Waals surface area contributed by atoms with Crippen LogP contribution in [0.2, 0.25) is 0 Å². The third-order valence-corrected chi connectivity index (χ3v) is 4.47. The predicted molar refractivity (Wildman–Crippen MR) is 94.9 cm³/mol. The third-order valence-electron chi connectivity index (χ3n) is 3.92. The van der Waals surface area contributed by atoms with E-state index in [0.29, 0.717) is 18.6 Å². The lowest BCUT2D eigenvalue weighted by atomic mass is 9.90. The molecule has 0 saturated heterocycles. The van der Waals surface area contributed by atoms with Crippen molar-refractivity contribution in [1.29, 1.82) is 0 Å². The molecule has 0 spiro atoms. The minimum Gasteiger partial charge on any atom is -0.463 e. The monoisotopic (exact) mass is 345 g/mol. The molecule has 0 bridgehead atoms. The van der Waals surface area contributed by atoms with Crippen LogP contribution in [-0.4, -0.2) is 41.7 Å². The molecule has 0 fully saturated rings. The molecule has 3 atom stereocenters. The Labute approximate surface area is 145 Å². The molecular formula is C18H32ClNO3. The fourth-order valence-corrected chi connectivity index (χ4v) is 3.10. The van der Waals surface area contributed by atoms with Crippen molar-refractivity contribution in [3.63, 3.8) is 0 Å². The lowest BCUT2D eigenvalue weighted by Crippen LogP contribution is -2.53. The number of hydrogen-bond acceptors (Lipinski definition) is 4. The van der Waals surface area contributed by atoms with E-state index in [-0.39, 0.29) is 35.1 Å². The zero-order valence-corrected chi connectivity index (χ0v) is 16.1. The van der Waals surface area contributed by atoms with Crippen molar-refractivity contribution in [2.24, 2.45) is 0 Å². The second kappa shape index (κ2) is 9.05. The molecule has 0 aromatic carbocycles. The molecule has 0 unspecified atom stereocenters. The first kappa shape index (κ1) is 20.5. The summed E-state index contributed by atoms with van der Waals surface area (Å²) in [6, 6.07) is -0.0274. The van der Waals surface area contributed by atoms with E-state index in [1.54, 1.807) is 0 Å². The second-order valence-electron chi connectivity index (χ2n) is 7.10. The van der Waals surface area contributed by atoms with Crippen molar-refractivity contribution in [3.8, 4) is 0 Å². The largest absolute Gasteiger partial charge is 0.463 e. The van der Waals surface area contributed by atoms with Gasteiger partial charge in [0, 0.05) is 17.2 Å². The lowest BCUT2D eigenvalue weighted by molar-refractivity contribution is -0.139. The summed E-state index contributed by atoms with van der Waals surface area (Å²) < 4.78 is 11.3. The summed E-state index contributed by atoms with van der Waals surface area (Å²) in [6.45, 7) is 12.7. The smallest absolute Gasteiger partial charge is 0.333 e. The molecule has 5 heteroatoms. The second-order valence-corrected chi connectivity index (χ2v) is 7.60. The Kier molecular flexibility index (Phi) is 8.05. The van der Waals surface area contributed by atoms with E-state index >= 15 is 0 Å². The predicted octanol–water partition coefficient (Wildman–Crippen LogP) is 3.82. The maximum atomic E-state index is 12.2. The van der Waals surface area contributed by atoms with Gasteiger partial charge in [0.25, 0.3) is 0 Å². The fraction of sp³-hybridized carbons (Fsp3) is 0.833. The topological polar surface area (TPSA) is 47.6 Å². The van der Waals surface area contributed by atoms with E-state index in [4.69, 9.17) is 21.1 Å². The van der Waals surface area contributed by atoms with Gasteiger partial charge >= 0.3 is 5.97 Å². The first-order valence-corrected chi connectivity index (χ1v) is 9.10. The van der Waals surface area contributed by atoms with Gasteiger partial charge in [-0.1, -0.05) is 13.8 Å². The Bertz CT molecular complexity index is 413. The minimum absolute atomic E-state index is 0.0274. The number of nitrogens with one attached hydrogen (secondary N) is 1. The molecule has 23 heavy (non-hydrogen) atoms. The van der Waals surface area contributed by atoms with Crippen LogP contribution in [0.5, 0.6) is 0 Å². The average Bonchev–Trinajstić information content (AvgIpc) is 2.46. The van der Waals surface area contributed by atoms with Gasteiger partial charge in [-0.2, -0.15) is 0 Å². The summed E-state index contributed by atoms with van der Waals surface area (Å²) in [5.41, 5.74) is 0.565. The Morgan fingerprint density at radius 1 is 1.35 bits per heavy atom. The quantitative estimate of drug-likeness (QED) is 0.563. The Hall–Kier alpha value is -0.580. The minimum atomic E-state index is -0.283. The van der Waals surface area contributed by atoms with Gasteiger partial charge in [-0.05, 0) is 53.0 Å². The molecule has 0 aromatic rings. The van der Waals surface area contributed by atoms with Gasteiger partial charge in [0.2, 0.25) is 0 Å². The molecule has 1 N–H and O–H groups in total. The van der Waals surface area contributed by atoms with E-state index in [0.717, 1.165) is 12.8 Å². The Morgan fingerprint density at radius 2 is 1.96 bits per heavy atom. The number of esters is 1. The highest BCUT2D eigenvalue weighted by Gasteiger charge is 2.37. The van der Waals surface area contributed by atoms with Crippen molar-refractivity contribution in [2.45, 2.75) is 90.0 Å². The van der Waals surface area contributed by atoms with E-state index in [9.17, 15) is 4.79 Å². The Balaban J connectivity index is 2.98. The maximum absolute atomic E-state index is 12.2. The first-order valence-electron chi connectivity index (χ1n) is 8.66. The van der Waals surface area contributed by atoms with Crippen LogP contribution in [0, 0.1) is 0 Å². The summed E-state index contributed by atoms with van der Waals surface area (Å²) >= 11 is 6.68. The van der Waals surface area contributed by atoms with Gasteiger partial charge in [0.1, 0.15) is 0 Å². The molecule has 1 rings (SSSR count). The van der Waals surface area contributed by atoms with Crippen LogP contribution in [0.4, 0.5) is 0 Å². The number of ether oxygens (including phenoxy) is 2. The third kappa shape index (κ3) is 6.44. The van der Waals surface area contributed by atoms with Gasteiger partial charge in [0.15, 0.2) is 0 Å². The number of halogens is 1. The van der Waals surface area contributed by atoms with E-state index in [2.05, 4.69) is 39.9 Å². The fourth-order valence-electron chi connectivity index (χ4n) is 2.82. The molecule has 4 nitrogen and oxygen atoms in total. The summed E-state index contributed by atoms with van der Waals surface area (Å²) in [4.78, 5) is 12.2. The van der Waals surface area contributed by atoms with Crippen LogP contribution >= 0.6 is 11.6 Å². The van der Waals surface area contributed by atoms with Crippen molar-refractivity contribution in [2.75, 3.05) is 6.61 Å². The van der Waals surface area contributed by atoms with Crippen LogP contribution in [0.3, 0.4) is 0 Å². The number of carbonyl (C=O) groups is 1. The molecule has 0 radical (unpaired) electrons. The SMILES string of the molecule is CCOC(=O)C1=C[C@@H](OC(CC)CC)[C@H](Cl)[C@H](NC(C)(C)C)C1. The van der Waals surface area contributed by atoms with Crippen LogP contribution in [-0.2, 0) is 14.3 Å². The number of rotatable bonds is 7. The highest BCUT2D eigenvalue weighted by Crippen LogP contribution is 2.29. The molecule has 0 heterocycles. The van der Waals surface area contributed by atoms with Gasteiger partial charge < -0.3 is 14.8 Å². The van der Waals surface area contributed by atoms with Crippen LogP contribution in [0.1, 0.15) is 60.8 Å². The average molecular weight is 346 g/mol. The molecule has 1 aliphatic carbocycles. The zero-order valence-electron chi connectivity index (χ0n) is 15.3. The van der Waals surface area contributed by atoms with Crippen molar-refractivity contribution in [3.05, 3.63) is 11.6 Å². The van der Waals surface area contributed by atoms with Crippen LogP contribution in [0.15, 0.2) is 11.6 Å². The van der Waals surface area contributed by atoms with E-state index in [1.807, 2.05) is 13.0 Å². The lowest BCUT2D eigenvalue weighted by Gasteiger charge is -2.38. The standard InChI is InChI=1S/C18H32ClNO3/c1-7-13(8-2)23-15-11-12(17(21)22-9-3)10-14(16(15)19)20-18(4,5)6/h11,13-16,20H,7-10H2,1-6H3/t14-,15-,16-/m1/s1.